The van der Waals surface area contributed by atoms with Gasteiger partial charge in [0.05, 0.1) is 5.02 Å². The van der Waals surface area contributed by atoms with Crippen molar-refractivity contribution in [2.45, 2.75) is 60.8 Å². The minimum atomic E-state index is 0.595. The van der Waals surface area contributed by atoms with E-state index in [9.17, 15) is 0 Å². The van der Waals surface area contributed by atoms with Gasteiger partial charge >= 0.3 is 0 Å². The van der Waals surface area contributed by atoms with E-state index >= 15 is 0 Å². The number of hydrogen-bond acceptors (Lipinski definition) is 2. The topological polar surface area (TPSA) is 30.7 Å². The molecule has 0 atom stereocenters. The van der Waals surface area contributed by atoms with Gasteiger partial charge in [0.15, 0.2) is 5.82 Å². The largest absolute Gasteiger partial charge is 0.314 e. The first-order valence-electron chi connectivity index (χ1n) is 10.2. The Kier molecular flexibility index (Phi) is 14.1. The van der Waals surface area contributed by atoms with E-state index in [1.54, 1.807) is 0 Å². The van der Waals surface area contributed by atoms with Gasteiger partial charge in [-0.1, -0.05) is 95.4 Å². The van der Waals surface area contributed by atoms with Crippen LogP contribution in [0.1, 0.15) is 65.3 Å². The molecule has 1 aromatic heterocycles. The maximum Gasteiger partial charge on any atom is 0.165 e. The highest BCUT2D eigenvalue weighted by Gasteiger charge is 2.09. The van der Waals surface area contributed by atoms with Gasteiger partial charge < -0.3 is 4.57 Å². The average Bonchev–Trinajstić information content (AvgIpc) is 3.04. The first kappa shape index (κ1) is 27.2. The molecule has 0 aliphatic heterocycles. The molecule has 0 saturated heterocycles. The second kappa shape index (κ2) is 15.1. The summed E-state index contributed by atoms with van der Waals surface area (Å²) in [5.74, 6) is 2.27. The fraction of sp³-hybridized carbons (Fsp3) is 0.417. The summed E-state index contributed by atoms with van der Waals surface area (Å²) in [6, 6.07) is 15.6. The van der Waals surface area contributed by atoms with Gasteiger partial charge in [-0.15, -0.1) is 10.2 Å². The van der Waals surface area contributed by atoms with Crippen molar-refractivity contribution in [3.63, 3.8) is 0 Å². The van der Waals surface area contributed by atoms with Gasteiger partial charge in [0.25, 0.3) is 0 Å². The molecular formula is C24H35Cl2N3. The smallest absolute Gasteiger partial charge is 0.165 e. The lowest BCUT2D eigenvalue weighted by atomic mass is 10.0. The number of nitrogens with zero attached hydrogens (tertiary/aromatic N) is 3. The third-order valence-electron chi connectivity index (χ3n) is 3.74. The van der Waals surface area contributed by atoms with Crippen molar-refractivity contribution in [1.82, 2.24) is 14.8 Å². The number of rotatable bonds is 2. The van der Waals surface area contributed by atoms with Crippen LogP contribution in [0.3, 0.4) is 0 Å². The van der Waals surface area contributed by atoms with Gasteiger partial charge in [-0.05, 0) is 42.7 Å². The van der Waals surface area contributed by atoms with Crippen molar-refractivity contribution in [3.8, 4) is 11.4 Å². The van der Waals surface area contributed by atoms with Crippen molar-refractivity contribution in [3.05, 3.63) is 70.0 Å². The monoisotopic (exact) mass is 435 g/mol. The van der Waals surface area contributed by atoms with E-state index in [-0.39, 0.29) is 0 Å². The normalized spacial score (nSPS) is 9.48. The van der Waals surface area contributed by atoms with Gasteiger partial charge in [-0.2, -0.15) is 0 Å². The molecule has 0 amide bonds. The van der Waals surface area contributed by atoms with Gasteiger partial charge in [0.1, 0.15) is 5.82 Å². The molecule has 5 heteroatoms. The van der Waals surface area contributed by atoms with Crippen LogP contribution >= 0.6 is 23.2 Å². The Bertz CT molecular complexity index is 809. The first-order valence-corrected chi connectivity index (χ1v) is 10.9. The van der Waals surface area contributed by atoms with E-state index in [4.69, 9.17) is 23.2 Å². The van der Waals surface area contributed by atoms with Crippen molar-refractivity contribution in [2.75, 3.05) is 0 Å². The summed E-state index contributed by atoms with van der Waals surface area (Å²) in [6.07, 6.45) is 1.25. The van der Waals surface area contributed by atoms with Crippen LogP contribution in [0.4, 0.5) is 0 Å². The van der Waals surface area contributed by atoms with Crippen LogP contribution in [0.2, 0.25) is 10.0 Å². The molecule has 3 nitrogen and oxygen atoms in total. The van der Waals surface area contributed by atoms with Gasteiger partial charge in [-0.25, -0.2) is 0 Å². The predicted molar refractivity (Wildman–Crippen MR) is 129 cm³/mol. The van der Waals surface area contributed by atoms with E-state index in [0.717, 1.165) is 22.2 Å². The summed E-state index contributed by atoms with van der Waals surface area (Å²) in [5.41, 5.74) is 2.25. The SMILES string of the molecule is CC.CC(C)c1ccc(Cl)cc1.CCC.Cc1nnc(-c2ccccc2Cl)n1C. The molecule has 0 N–H and O–H groups in total. The van der Waals surface area contributed by atoms with Crippen molar-refractivity contribution in [1.29, 1.82) is 0 Å². The molecule has 0 spiro atoms. The Morgan fingerprint density at radius 3 is 1.83 bits per heavy atom. The predicted octanol–water partition coefficient (Wildman–Crippen LogP) is 8.35. The third-order valence-corrected chi connectivity index (χ3v) is 4.33. The van der Waals surface area contributed by atoms with Gasteiger partial charge in [-0.3, -0.25) is 0 Å². The number of benzene rings is 2. The summed E-state index contributed by atoms with van der Waals surface area (Å²) < 4.78 is 1.92. The van der Waals surface area contributed by atoms with E-state index in [2.05, 4.69) is 50.0 Å². The van der Waals surface area contributed by atoms with E-state index < -0.39 is 0 Å². The third kappa shape index (κ3) is 9.47. The maximum absolute atomic E-state index is 6.06. The molecule has 0 bridgehead atoms. The van der Waals surface area contributed by atoms with Crippen molar-refractivity contribution >= 4 is 23.2 Å². The highest BCUT2D eigenvalue weighted by Crippen LogP contribution is 2.25. The molecule has 0 aliphatic rings. The molecule has 0 radical (unpaired) electrons. The first-order chi connectivity index (χ1) is 13.8. The molecule has 0 unspecified atom stereocenters. The zero-order valence-corrected chi connectivity index (χ0v) is 20.5. The van der Waals surface area contributed by atoms with Crippen LogP contribution in [0.5, 0.6) is 0 Å². The lowest BCUT2D eigenvalue weighted by Crippen LogP contribution is -1.95. The highest BCUT2D eigenvalue weighted by atomic mass is 35.5. The minimum absolute atomic E-state index is 0.595. The number of aryl methyl sites for hydroxylation is 1. The second-order valence-electron chi connectivity index (χ2n) is 6.52. The fourth-order valence-corrected chi connectivity index (χ4v) is 2.48. The average molecular weight is 436 g/mol. The Morgan fingerprint density at radius 1 is 0.897 bits per heavy atom. The van der Waals surface area contributed by atoms with Crippen LogP contribution in [0.15, 0.2) is 48.5 Å². The number of halogens is 2. The van der Waals surface area contributed by atoms with Crippen LogP contribution in [-0.4, -0.2) is 14.8 Å². The minimum Gasteiger partial charge on any atom is -0.314 e. The van der Waals surface area contributed by atoms with Crippen molar-refractivity contribution in [2.24, 2.45) is 7.05 Å². The molecule has 0 saturated carbocycles. The lowest BCUT2D eigenvalue weighted by molar-refractivity contribution is 0.865. The lowest BCUT2D eigenvalue weighted by Gasteiger charge is -2.03. The van der Waals surface area contributed by atoms with Crippen LogP contribution in [0.25, 0.3) is 11.4 Å². The molecule has 160 valence electrons. The van der Waals surface area contributed by atoms with E-state index in [1.165, 1.54) is 12.0 Å². The molecule has 1 heterocycles. The van der Waals surface area contributed by atoms with Crippen LogP contribution in [0, 0.1) is 6.92 Å². The second-order valence-corrected chi connectivity index (χ2v) is 7.37. The molecule has 3 rings (SSSR count). The zero-order valence-electron chi connectivity index (χ0n) is 19.0. The maximum atomic E-state index is 6.06. The Balaban J connectivity index is 0.000000459. The standard InChI is InChI=1S/C10H10ClN3.C9H11Cl.C3H8.C2H6/c1-7-12-13-10(14(7)2)8-5-3-4-6-9(8)11;1-7(2)8-3-5-9(10)6-4-8;1-3-2;1-2/h3-6H,1-2H3;3-7H,1-2H3;3H2,1-2H3;1-2H3. The molecule has 29 heavy (non-hydrogen) atoms. The van der Waals surface area contributed by atoms with Crippen LogP contribution in [-0.2, 0) is 7.05 Å². The summed E-state index contributed by atoms with van der Waals surface area (Å²) in [7, 11) is 1.92. The summed E-state index contributed by atoms with van der Waals surface area (Å²) >= 11 is 11.8. The van der Waals surface area contributed by atoms with Crippen LogP contribution < -0.4 is 0 Å². The fourth-order valence-electron chi connectivity index (χ4n) is 2.13. The quantitative estimate of drug-likeness (QED) is 0.404. The highest BCUT2D eigenvalue weighted by molar-refractivity contribution is 6.33. The Hall–Kier alpha value is -1.84. The number of hydrogen-bond donors (Lipinski definition) is 0. The Morgan fingerprint density at radius 2 is 1.41 bits per heavy atom. The van der Waals surface area contributed by atoms with E-state index in [0.29, 0.717) is 10.9 Å². The van der Waals surface area contributed by atoms with Crippen molar-refractivity contribution < 1.29 is 0 Å². The number of aromatic nitrogens is 3. The molecule has 0 aliphatic carbocycles. The Labute approximate surface area is 187 Å². The molecule has 3 aromatic rings. The molecule has 2 aromatic carbocycles. The molecular weight excluding hydrogens is 401 g/mol. The summed E-state index contributed by atoms with van der Waals surface area (Å²) in [5, 5.41) is 9.57. The summed E-state index contributed by atoms with van der Waals surface area (Å²) in [4.78, 5) is 0. The van der Waals surface area contributed by atoms with E-state index in [1.807, 2.05) is 68.8 Å². The van der Waals surface area contributed by atoms with Gasteiger partial charge in [0.2, 0.25) is 0 Å². The zero-order chi connectivity index (χ0) is 22.4. The summed E-state index contributed by atoms with van der Waals surface area (Å²) in [6.45, 7) is 14.5. The molecule has 0 fully saturated rings. The van der Waals surface area contributed by atoms with Gasteiger partial charge in [0, 0.05) is 17.6 Å².